The van der Waals surface area contributed by atoms with E-state index in [1.54, 1.807) is 11.3 Å². The fourth-order valence-electron chi connectivity index (χ4n) is 1.51. The van der Waals surface area contributed by atoms with Crippen molar-refractivity contribution in [3.63, 3.8) is 0 Å². The molecule has 6 nitrogen and oxygen atoms in total. The monoisotopic (exact) mass is 278 g/mol. The number of fused-ring (bicyclic) bond motifs is 1. The van der Waals surface area contributed by atoms with Crippen LogP contribution in [-0.2, 0) is 5.75 Å². The van der Waals surface area contributed by atoms with Gasteiger partial charge < -0.3 is 11.5 Å². The van der Waals surface area contributed by atoms with Crippen LogP contribution in [0.1, 0.15) is 5.69 Å². The summed E-state index contributed by atoms with van der Waals surface area (Å²) in [5, 5.41) is 2.57. The molecule has 0 unspecified atom stereocenters. The molecule has 0 atom stereocenters. The minimum absolute atomic E-state index is 0.385. The molecule has 3 rings (SSSR count). The Labute approximate surface area is 111 Å². The Bertz CT molecular complexity index is 640. The van der Waals surface area contributed by atoms with Gasteiger partial charge in [0.25, 0.3) is 0 Å². The molecule has 8 heteroatoms. The van der Waals surface area contributed by atoms with Gasteiger partial charge in [0.05, 0.1) is 5.69 Å². The Morgan fingerprint density at radius 1 is 1.22 bits per heavy atom. The van der Waals surface area contributed by atoms with Gasteiger partial charge in [-0.05, 0) is 0 Å². The third-order valence-electron chi connectivity index (χ3n) is 2.24. The maximum atomic E-state index is 5.61. The first kappa shape index (κ1) is 11.3. The van der Waals surface area contributed by atoms with E-state index in [2.05, 4.69) is 15.0 Å². The zero-order chi connectivity index (χ0) is 12.5. The summed E-state index contributed by atoms with van der Waals surface area (Å²) in [6, 6.07) is 1.54. The van der Waals surface area contributed by atoms with Crippen LogP contribution < -0.4 is 11.5 Å². The quantitative estimate of drug-likeness (QED) is 0.558. The molecule has 0 amide bonds. The molecule has 0 bridgehead atoms. The van der Waals surface area contributed by atoms with E-state index in [9.17, 15) is 0 Å². The highest BCUT2D eigenvalue weighted by molar-refractivity contribution is 7.98. The second-order valence-electron chi connectivity index (χ2n) is 3.61. The molecule has 0 radical (unpaired) electrons. The van der Waals surface area contributed by atoms with Crippen LogP contribution in [0.3, 0.4) is 0 Å². The highest BCUT2D eigenvalue weighted by Gasteiger charge is 2.06. The summed E-state index contributed by atoms with van der Waals surface area (Å²) in [6.45, 7) is 0. The zero-order valence-electron chi connectivity index (χ0n) is 9.28. The molecule has 3 heterocycles. The van der Waals surface area contributed by atoms with Crippen LogP contribution in [0.5, 0.6) is 0 Å². The average Bonchev–Trinajstić information content (AvgIpc) is 2.84. The number of aromatic nitrogens is 4. The Balaban J connectivity index is 1.75. The fourth-order valence-corrected chi connectivity index (χ4v) is 2.99. The van der Waals surface area contributed by atoms with Crippen LogP contribution in [0.15, 0.2) is 29.0 Å². The van der Waals surface area contributed by atoms with Gasteiger partial charge in [-0.1, -0.05) is 11.8 Å². The molecule has 0 aliphatic carbocycles. The first-order chi connectivity index (χ1) is 8.70. The second kappa shape index (κ2) is 4.46. The summed E-state index contributed by atoms with van der Waals surface area (Å²) in [4.78, 5) is 13.7. The maximum absolute atomic E-state index is 5.61. The number of thioether (sulfide) groups is 1. The molecule has 18 heavy (non-hydrogen) atoms. The predicted octanol–water partition coefficient (Wildman–Crippen LogP) is 1.64. The SMILES string of the molecule is Nc1cc(N)nc(SCc2cn3ccsc3n2)n1. The molecule has 0 aliphatic heterocycles. The van der Waals surface area contributed by atoms with E-state index in [0.717, 1.165) is 10.7 Å². The molecule has 0 aromatic carbocycles. The fraction of sp³-hybridized carbons (Fsp3) is 0.100. The number of rotatable bonds is 3. The summed E-state index contributed by atoms with van der Waals surface area (Å²) < 4.78 is 2.00. The first-order valence-electron chi connectivity index (χ1n) is 5.14. The van der Waals surface area contributed by atoms with Crippen LogP contribution >= 0.6 is 23.1 Å². The molecule has 0 aliphatic rings. The Hall–Kier alpha value is -1.80. The predicted molar refractivity (Wildman–Crippen MR) is 73.5 cm³/mol. The molecule has 0 saturated carbocycles. The number of nitrogen functional groups attached to an aromatic ring is 2. The van der Waals surface area contributed by atoms with Gasteiger partial charge in [0.2, 0.25) is 0 Å². The molecule has 4 N–H and O–H groups in total. The summed E-state index contributed by atoms with van der Waals surface area (Å²) in [7, 11) is 0. The minimum Gasteiger partial charge on any atom is -0.383 e. The Morgan fingerprint density at radius 3 is 2.72 bits per heavy atom. The molecule has 92 valence electrons. The molecular formula is C10H10N6S2. The molecule has 3 aromatic heterocycles. The van der Waals surface area contributed by atoms with Crippen molar-refractivity contribution >= 4 is 39.7 Å². The van der Waals surface area contributed by atoms with Gasteiger partial charge in [0.15, 0.2) is 10.1 Å². The lowest BCUT2D eigenvalue weighted by Gasteiger charge is -2.00. The van der Waals surface area contributed by atoms with E-state index in [1.165, 1.54) is 17.8 Å². The normalized spacial score (nSPS) is 11.1. The Kier molecular flexibility index (Phi) is 2.80. The lowest BCUT2D eigenvalue weighted by Crippen LogP contribution is -1.99. The van der Waals surface area contributed by atoms with Crippen LogP contribution in [0.25, 0.3) is 4.96 Å². The third-order valence-corrected chi connectivity index (χ3v) is 3.89. The van der Waals surface area contributed by atoms with Crippen molar-refractivity contribution in [1.82, 2.24) is 19.4 Å². The van der Waals surface area contributed by atoms with Crippen LogP contribution in [-0.4, -0.2) is 19.4 Å². The zero-order valence-corrected chi connectivity index (χ0v) is 10.9. The molecule has 3 aromatic rings. The topological polar surface area (TPSA) is 95.1 Å². The van der Waals surface area contributed by atoms with Crippen LogP contribution in [0, 0.1) is 0 Å². The van der Waals surface area contributed by atoms with Crippen molar-refractivity contribution in [3.05, 3.63) is 29.5 Å². The number of hydrogen-bond donors (Lipinski definition) is 2. The summed E-state index contributed by atoms with van der Waals surface area (Å²) >= 11 is 3.07. The minimum atomic E-state index is 0.385. The van der Waals surface area contributed by atoms with Crippen LogP contribution in [0.2, 0.25) is 0 Å². The number of anilines is 2. The molecule has 0 fully saturated rings. The molecule has 0 spiro atoms. The van der Waals surface area contributed by atoms with Crippen molar-refractivity contribution in [2.75, 3.05) is 11.5 Å². The van der Waals surface area contributed by atoms with Gasteiger partial charge in [-0.25, -0.2) is 15.0 Å². The lowest BCUT2D eigenvalue weighted by atomic mass is 10.5. The van der Waals surface area contributed by atoms with E-state index in [0.29, 0.717) is 22.5 Å². The first-order valence-corrected chi connectivity index (χ1v) is 7.01. The Morgan fingerprint density at radius 2 is 2.00 bits per heavy atom. The van der Waals surface area contributed by atoms with Gasteiger partial charge in [0.1, 0.15) is 11.6 Å². The van der Waals surface area contributed by atoms with Gasteiger partial charge in [-0.2, -0.15) is 0 Å². The number of thiazole rings is 1. The number of imidazole rings is 1. The summed E-state index contributed by atoms with van der Waals surface area (Å²) in [5.74, 6) is 1.46. The lowest BCUT2D eigenvalue weighted by molar-refractivity contribution is 0.982. The highest BCUT2D eigenvalue weighted by atomic mass is 32.2. The maximum Gasteiger partial charge on any atom is 0.193 e. The van der Waals surface area contributed by atoms with Gasteiger partial charge in [-0.15, -0.1) is 11.3 Å². The second-order valence-corrected chi connectivity index (χ2v) is 5.43. The largest absolute Gasteiger partial charge is 0.383 e. The smallest absolute Gasteiger partial charge is 0.193 e. The van der Waals surface area contributed by atoms with Gasteiger partial charge >= 0.3 is 0 Å². The summed E-state index contributed by atoms with van der Waals surface area (Å²) in [5.41, 5.74) is 12.2. The number of nitrogens with two attached hydrogens (primary N) is 2. The molecular weight excluding hydrogens is 268 g/mol. The van der Waals surface area contributed by atoms with E-state index in [1.807, 2.05) is 22.2 Å². The average molecular weight is 278 g/mol. The van der Waals surface area contributed by atoms with Crippen molar-refractivity contribution in [2.45, 2.75) is 10.9 Å². The van der Waals surface area contributed by atoms with Crippen molar-refractivity contribution in [2.24, 2.45) is 0 Å². The summed E-state index contributed by atoms with van der Waals surface area (Å²) in [6.07, 6.45) is 3.98. The van der Waals surface area contributed by atoms with E-state index < -0.39 is 0 Å². The standard InChI is InChI=1S/C10H10N6S2/c11-7-3-8(12)15-9(14-7)18-5-6-4-16-1-2-17-10(16)13-6/h1-4H,5H2,(H4,11,12,14,15). The number of nitrogens with zero attached hydrogens (tertiary/aromatic N) is 4. The van der Waals surface area contributed by atoms with E-state index in [4.69, 9.17) is 11.5 Å². The molecule has 0 saturated heterocycles. The van der Waals surface area contributed by atoms with Crippen molar-refractivity contribution in [3.8, 4) is 0 Å². The third kappa shape index (κ3) is 2.24. The van der Waals surface area contributed by atoms with Crippen molar-refractivity contribution < 1.29 is 0 Å². The highest BCUT2D eigenvalue weighted by Crippen LogP contribution is 2.22. The van der Waals surface area contributed by atoms with E-state index >= 15 is 0 Å². The van der Waals surface area contributed by atoms with Gasteiger partial charge in [0, 0.05) is 29.6 Å². The van der Waals surface area contributed by atoms with E-state index in [-0.39, 0.29) is 0 Å². The van der Waals surface area contributed by atoms with Gasteiger partial charge in [-0.3, -0.25) is 4.40 Å². The van der Waals surface area contributed by atoms with Crippen LogP contribution in [0.4, 0.5) is 11.6 Å². The van der Waals surface area contributed by atoms with Crippen molar-refractivity contribution in [1.29, 1.82) is 0 Å². The number of hydrogen-bond acceptors (Lipinski definition) is 7.